The van der Waals surface area contributed by atoms with Crippen molar-refractivity contribution in [3.63, 3.8) is 0 Å². The quantitative estimate of drug-likeness (QED) is 0.363. The van der Waals surface area contributed by atoms with Gasteiger partial charge in [-0.25, -0.2) is 0 Å². The second-order valence-electron chi connectivity index (χ2n) is 13.1. The highest BCUT2D eigenvalue weighted by Gasteiger charge is 2.64. The van der Waals surface area contributed by atoms with Gasteiger partial charge in [-0.2, -0.15) is 0 Å². The van der Waals surface area contributed by atoms with E-state index in [4.69, 9.17) is 0 Å². The summed E-state index contributed by atoms with van der Waals surface area (Å²) in [5.74, 6) is 4.12. The molecule has 4 aliphatic carbocycles. The van der Waals surface area contributed by atoms with Crippen molar-refractivity contribution in [3.05, 3.63) is 11.6 Å². The Morgan fingerprint density at radius 2 is 1.79 bits per heavy atom. The fraction of sp³-hybridized carbons (Fsp3) is 0.931. The summed E-state index contributed by atoms with van der Waals surface area (Å²) in [6, 6.07) is 0. The maximum atomic E-state index is 12.1. The second kappa shape index (κ2) is 9.79. The fourth-order valence-electron chi connectivity index (χ4n) is 8.91. The molecule has 9 atom stereocenters. The van der Waals surface area contributed by atoms with Crippen LogP contribution >= 0.6 is 11.8 Å². The molecule has 3 nitrogen and oxygen atoms in total. The minimum atomic E-state index is -0.880. The molecule has 3 fully saturated rings. The normalized spacial score (nSPS) is 45.8. The van der Waals surface area contributed by atoms with Crippen molar-refractivity contribution in [3.8, 4) is 0 Å². The molecule has 0 saturated heterocycles. The lowest BCUT2D eigenvalue weighted by Gasteiger charge is -2.63. The summed E-state index contributed by atoms with van der Waals surface area (Å²) < 4.78 is 0. The van der Waals surface area contributed by atoms with Gasteiger partial charge in [0, 0.05) is 17.6 Å². The molecule has 33 heavy (non-hydrogen) atoms. The van der Waals surface area contributed by atoms with Crippen LogP contribution in [0.4, 0.5) is 0 Å². The lowest BCUT2D eigenvalue weighted by molar-refractivity contribution is -0.165. The molecule has 0 aromatic rings. The average molecular weight is 479 g/mol. The summed E-state index contributed by atoms with van der Waals surface area (Å²) in [6.07, 6.45) is 13.4. The van der Waals surface area contributed by atoms with Crippen LogP contribution in [0.3, 0.4) is 0 Å². The van der Waals surface area contributed by atoms with E-state index in [0.717, 1.165) is 30.6 Å². The largest absolute Gasteiger partial charge is 0.396 e. The van der Waals surface area contributed by atoms with Crippen LogP contribution in [0, 0.1) is 40.4 Å². The number of allylic oxidation sites excluding steroid dienone is 1. The van der Waals surface area contributed by atoms with Gasteiger partial charge in [-0.15, -0.1) is 11.8 Å². The molecule has 4 heteroatoms. The van der Waals surface area contributed by atoms with Gasteiger partial charge in [-0.05, 0) is 73.5 Å². The zero-order valence-electron chi connectivity index (χ0n) is 21.9. The van der Waals surface area contributed by atoms with E-state index in [1.807, 2.05) is 0 Å². The summed E-state index contributed by atoms with van der Waals surface area (Å²) in [7, 11) is 0. The zero-order chi connectivity index (χ0) is 24.0. The van der Waals surface area contributed by atoms with Gasteiger partial charge < -0.3 is 15.3 Å². The molecule has 0 spiro atoms. The van der Waals surface area contributed by atoms with Gasteiger partial charge in [0.25, 0.3) is 0 Å². The van der Waals surface area contributed by atoms with Gasteiger partial charge in [-0.1, -0.05) is 65.5 Å². The van der Waals surface area contributed by atoms with Crippen LogP contribution in [0.25, 0.3) is 0 Å². The van der Waals surface area contributed by atoms with Crippen LogP contribution in [0.1, 0.15) is 98.8 Å². The Morgan fingerprint density at radius 3 is 2.48 bits per heavy atom. The third-order valence-corrected chi connectivity index (χ3v) is 12.1. The van der Waals surface area contributed by atoms with Gasteiger partial charge in [-0.3, -0.25) is 0 Å². The van der Waals surface area contributed by atoms with Crippen LogP contribution in [-0.4, -0.2) is 44.6 Å². The number of aliphatic hydroxyl groups excluding tert-OH is 2. The summed E-state index contributed by atoms with van der Waals surface area (Å²) >= 11 is 1.70. The maximum Gasteiger partial charge on any atom is 0.0884 e. The minimum absolute atomic E-state index is 0.0271. The van der Waals surface area contributed by atoms with Crippen molar-refractivity contribution >= 4 is 11.8 Å². The topological polar surface area (TPSA) is 60.7 Å². The highest BCUT2D eigenvalue weighted by atomic mass is 32.2. The van der Waals surface area contributed by atoms with E-state index < -0.39 is 11.7 Å². The second-order valence-corrected chi connectivity index (χ2v) is 14.3. The van der Waals surface area contributed by atoms with Crippen molar-refractivity contribution in [2.24, 2.45) is 40.4 Å². The smallest absolute Gasteiger partial charge is 0.0884 e. The van der Waals surface area contributed by atoms with Crippen LogP contribution in [-0.2, 0) is 0 Å². The molecule has 0 radical (unpaired) electrons. The maximum absolute atomic E-state index is 12.1. The molecule has 0 aromatic heterocycles. The first kappa shape index (κ1) is 26.0. The Balaban J connectivity index is 1.62. The third-order valence-electron chi connectivity index (χ3n) is 10.8. The Bertz CT molecular complexity index is 722. The van der Waals surface area contributed by atoms with Gasteiger partial charge >= 0.3 is 0 Å². The molecule has 0 aromatic carbocycles. The highest BCUT2D eigenvalue weighted by molar-refractivity contribution is 8.00. The predicted octanol–water partition coefficient (Wildman–Crippen LogP) is 6.21. The molecule has 0 heterocycles. The van der Waals surface area contributed by atoms with E-state index in [0.29, 0.717) is 29.4 Å². The molecule has 4 rings (SSSR count). The Labute approximate surface area is 207 Å². The molecule has 0 aliphatic heterocycles. The van der Waals surface area contributed by atoms with Crippen molar-refractivity contribution in [1.29, 1.82) is 0 Å². The van der Waals surface area contributed by atoms with Crippen LogP contribution < -0.4 is 0 Å². The first-order valence-corrected chi connectivity index (χ1v) is 15.0. The van der Waals surface area contributed by atoms with Crippen LogP contribution in [0.2, 0.25) is 0 Å². The summed E-state index contributed by atoms with van der Waals surface area (Å²) in [5.41, 5.74) is 0.964. The number of hydrogen-bond acceptors (Lipinski definition) is 4. The first-order chi connectivity index (χ1) is 15.6. The lowest BCUT2D eigenvalue weighted by atomic mass is 9.46. The van der Waals surface area contributed by atoms with Gasteiger partial charge in [0.15, 0.2) is 0 Å². The van der Waals surface area contributed by atoms with E-state index >= 15 is 0 Å². The number of rotatable bonds is 8. The third kappa shape index (κ3) is 4.38. The van der Waals surface area contributed by atoms with Gasteiger partial charge in [0.05, 0.1) is 23.6 Å². The molecule has 0 amide bonds. The number of hydrogen-bond donors (Lipinski definition) is 3. The monoisotopic (exact) mass is 478 g/mol. The van der Waals surface area contributed by atoms with Crippen LogP contribution in [0.15, 0.2) is 11.6 Å². The average Bonchev–Trinajstić information content (AvgIpc) is 3.10. The molecule has 190 valence electrons. The Kier molecular flexibility index (Phi) is 7.73. The van der Waals surface area contributed by atoms with Crippen molar-refractivity contribution in [2.45, 2.75) is 116 Å². The molecule has 3 N–H and O–H groups in total. The molecule has 0 bridgehead atoms. The standard InChI is InChI=1S/C29H50O3S/c1-19(2)7-6-8-20(3)23-9-10-24-22-17-26(33-16-15-30)29(32)18-21(31)11-14-28(29,5)25(22)12-13-27(23,24)4/h17,19-21,23-26,30-32H,6-16,18H2,1-5H3/t20-,21?,23-,24+,25+,26?,27-,28-,29?/m1/s1. The number of fused-ring (bicyclic) bond motifs is 5. The molecule has 4 aliphatic rings. The number of aliphatic hydroxyl groups is 3. The van der Waals surface area contributed by atoms with E-state index in [1.54, 1.807) is 17.3 Å². The molecular formula is C29H50O3S. The summed E-state index contributed by atoms with van der Waals surface area (Å²) in [5, 5.41) is 32.2. The minimum Gasteiger partial charge on any atom is -0.396 e. The van der Waals surface area contributed by atoms with Crippen molar-refractivity contribution in [2.75, 3.05) is 12.4 Å². The Morgan fingerprint density at radius 1 is 1.03 bits per heavy atom. The van der Waals surface area contributed by atoms with E-state index in [1.165, 1.54) is 44.9 Å². The zero-order valence-corrected chi connectivity index (χ0v) is 22.7. The fourth-order valence-corrected chi connectivity index (χ4v) is 10.2. The van der Waals surface area contributed by atoms with Gasteiger partial charge in [0.2, 0.25) is 0 Å². The Hall–Kier alpha value is -0.0300. The van der Waals surface area contributed by atoms with E-state index in [2.05, 4.69) is 40.7 Å². The van der Waals surface area contributed by atoms with Crippen molar-refractivity contribution < 1.29 is 15.3 Å². The van der Waals surface area contributed by atoms with Crippen LogP contribution in [0.5, 0.6) is 0 Å². The SMILES string of the molecule is CC(C)CCC[C@@H](C)[C@H]1CC[C@H]2C3=CC(SCCO)C4(O)CC(O)CC[C@]4(C)[C@H]3CC[C@]12C. The summed E-state index contributed by atoms with van der Waals surface area (Å²) in [6.45, 7) is 12.3. The van der Waals surface area contributed by atoms with Gasteiger partial charge in [0.1, 0.15) is 0 Å². The molecule has 3 unspecified atom stereocenters. The molecule has 3 saturated carbocycles. The molecular weight excluding hydrogens is 428 g/mol. The lowest BCUT2D eigenvalue weighted by Crippen LogP contribution is -2.64. The number of thioether (sulfide) groups is 1. The highest BCUT2D eigenvalue weighted by Crippen LogP contribution is 2.68. The van der Waals surface area contributed by atoms with E-state index in [9.17, 15) is 15.3 Å². The first-order valence-electron chi connectivity index (χ1n) is 13.9. The van der Waals surface area contributed by atoms with E-state index in [-0.39, 0.29) is 17.3 Å². The van der Waals surface area contributed by atoms with Crippen molar-refractivity contribution in [1.82, 2.24) is 0 Å². The summed E-state index contributed by atoms with van der Waals surface area (Å²) in [4.78, 5) is 0. The predicted molar refractivity (Wildman–Crippen MR) is 139 cm³/mol.